The minimum atomic E-state index is 0.336. The lowest BCUT2D eigenvalue weighted by Gasteiger charge is -2.11. The van der Waals surface area contributed by atoms with Gasteiger partial charge in [0.15, 0.2) is 0 Å². The van der Waals surface area contributed by atoms with E-state index < -0.39 is 0 Å². The fourth-order valence-electron chi connectivity index (χ4n) is 3.60. The summed E-state index contributed by atoms with van der Waals surface area (Å²) < 4.78 is 6.33. The highest BCUT2D eigenvalue weighted by atomic mass is 79.9. The number of halogens is 1. The molecule has 4 rings (SSSR count). The summed E-state index contributed by atoms with van der Waals surface area (Å²) in [5.74, 6) is 2.02. The molecular weight excluding hydrogens is 492 g/mol. The molecule has 4 aromatic rings. The Morgan fingerprint density at radius 3 is 2.00 bits per heavy atom. The highest BCUT2D eigenvalue weighted by Crippen LogP contribution is 2.30. The lowest BCUT2D eigenvalue weighted by atomic mass is 9.95. The molecule has 0 fully saturated rings. The van der Waals surface area contributed by atoms with Gasteiger partial charge in [-0.05, 0) is 82.8 Å². The van der Waals surface area contributed by atoms with Crippen molar-refractivity contribution in [1.82, 2.24) is 0 Å². The number of hydrogen-bond acceptors (Lipinski definition) is 3. The highest BCUT2D eigenvalue weighted by Gasteiger charge is 2.07. The molecule has 4 aromatic carbocycles. The highest BCUT2D eigenvalue weighted by molar-refractivity contribution is 9.10. The van der Waals surface area contributed by atoms with Crippen LogP contribution in [-0.2, 0) is 0 Å². The monoisotopic (exact) mass is 516 g/mol. The van der Waals surface area contributed by atoms with E-state index in [1.54, 1.807) is 24.9 Å². The van der Waals surface area contributed by atoms with Gasteiger partial charge in [0.2, 0.25) is 0 Å². The third-order valence-electron chi connectivity index (χ3n) is 5.48. The maximum Gasteiger partial charge on any atom is 0.118 e. The van der Waals surface area contributed by atoms with Crippen LogP contribution in [0.5, 0.6) is 11.5 Å². The van der Waals surface area contributed by atoms with Crippen LogP contribution in [0.25, 0.3) is 16.7 Å². The van der Waals surface area contributed by atoms with Gasteiger partial charge in [0.05, 0.1) is 7.11 Å². The standard InChI is InChI=1S/C29H25BrO2S/c1-20-19-27(15-16-29(20)31)33-18-17-28(24-7-11-25(30)12-8-24)23-5-3-21(4-6-23)22-9-13-26(32-2)14-10-22/h3-17,19,31H,18H2,1-2H3/b28-17-. The SMILES string of the molecule is COc1ccc(-c2ccc(/C(=C/CSc3ccc(O)c(C)c3)c3ccc(Br)cc3)cc2)cc1. The van der Waals surface area contributed by atoms with Gasteiger partial charge in [-0.3, -0.25) is 0 Å². The molecule has 0 bridgehead atoms. The summed E-state index contributed by atoms with van der Waals surface area (Å²) >= 11 is 5.30. The number of aryl methyl sites for hydroxylation is 1. The molecule has 1 N–H and O–H groups in total. The molecule has 0 atom stereocenters. The molecule has 0 amide bonds. The Kier molecular flexibility index (Phi) is 7.58. The number of hydrogen-bond donors (Lipinski definition) is 1. The van der Waals surface area contributed by atoms with Crippen molar-refractivity contribution in [3.63, 3.8) is 0 Å². The Morgan fingerprint density at radius 1 is 0.848 bits per heavy atom. The quantitative estimate of drug-likeness (QED) is 0.250. The predicted octanol–water partition coefficient (Wildman–Crippen LogP) is 8.36. The number of benzene rings is 4. The van der Waals surface area contributed by atoms with Crippen LogP contribution < -0.4 is 4.74 Å². The van der Waals surface area contributed by atoms with Gasteiger partial charge < -0.3 is 9.84 Å². The molecule has 0 aliphatic heterocycles. The molecular formula is C29H25BrO2S. The summed E-state index contributed by atoms with van der Waals surface area (Å²) in [4.78, 5) is 1.14. The minimum absolute atomic E-state index is 0.336. The Hall–Kier alpha value is -2.95. The van der Waals surface area contributed by atoms with Crippen molar-refractivity contribution in [2.24, 2.45) is 0 Å². The summed E-state index contributed by atoms with van der Waals surface area (Å²) in [6.07, 6.45) is 2.28. The van der Waals surface area contributed by atoms with Gasteiger partial charge >= 0.3 is 0 Å². The lowest BCUT2D eigenvalue weighted by Crippen LogP contribution is -1.90. The topological polar surface area (TPSA) is 29.5 Å². The first-order chi connectivity index (χ1) is 16.0. The van der Waals surface area contributed by atoms with E-state index in [1.807, 2.05) is 31.2 Å². The lowest BCUT2D eigenvalue weighted by molar-refractivity contribution is 0.415. The number of thioether (sulfide) groups is 1. The van der Waals surface area contributed by atoms with Crippen LogP contribution >= 0.6 is 27.7 Å². The van der Waals surface area contributed by atoms with Gasteiger partial charge in [-0.15, -0.1) is 11.8 Å². The second kappa shape index (κ2) is 10.8. The summed E-state index contributed by atoms with van der Waals surface area (Å²) in [6.45, 7) is 1.92. The molecule has 0 spiro atoms. The Labute approximate surface area is 208 Å². The number of phenolic OH excluding ortho intramolecular Hbond substituents is 1. The van der Waals surface area contributed by atoms with Gasteiger partial charge in [0.1, 0.15) is 11.5 Å². The first kappa shape index (κ1) is 23.2. The Morgan fingerprint density at radius 2 is 1.42 bits per heavy atom. The second-order valence-electron chi connectivity index (χ2n) is 7.69. The zero-order chi connectivity index (χ0) is 23.2. The van der Waals surface area contributed by atoms with Crippen molar-refractivity contribution in [3.05, 3.63) is 118 Å². The van der Waals surface area contributed by atoms with Gasteiger partial charge in [-0.25, -0.2) is 0 Å². The van der Waals surface area contributed by atoms with Crippen LogP contribution in [0.2, 0.25) is 0 Å². The van der Waals surface area contributed by atoms with E-state index in [2.05, 4.69) is 82.7 Å². The van der Waals surface area contributed by atoms with E-state index in [4.69, 9.17) is 4.74 Å². The largest absolute Gasteiger partial charge is 0.508 e. The second-order valence-corrected chi connectivity index (χ2v) is 9.70. The Balaban J connectivity index is 1.60. The van der Waals surface area contributed by atoms with Crippen molar-refractivity contribution in [1.29, 1.82) is 0 Å². The number of aromatic hydroxyl groups is 1. The fraction of sp³-hybridized carbons (Fsp3) is 0.103. The molecule has 0 saturated heterocycles. The smallest absolute Gasteiger partial charge is 0.118 e. The molecule has 2 nitrogen and oxygen atoms in total. The summed E-state index contributed by atoms with van der Waals surface area (Å²) in [7, 11) is 1.68. The third-order valence-corrected chi connectivity index (χ3v) is 6.93. The van der Waals surface area contributed by atoms with E-state index in [-0.39, 0.29) is 0 Å². The third kappa shape index (κ3) is 5.89. The molecule has 166 valence electrons. The van der Waals surface area contributed by atoms with Crippen LogP contribution in [-0.4, -0.2) is 18.0 Å². The summed E-state index contributed by atoms with van der Waals surface area (Å²) in [5.41, 5.74) is 6.79. The van der Waals surface area contributed by atoms with E-state index in [1.165, 1.54) is 22.3 Å². The van der Waals surface area contributed by atoms with Crippen molar-refractivity contribution in [2.45, 2.75) is 11.8 Å². The van der Waals surface area contributed by atoms with Crippen molar-refractivity contribution in [2.75, 3.05) is 12.9 Å². The fourth-order valence-corrected chi connectivity index (χ4v) is 4.73. The minimum Gasteiger partial charge on any atom is -0.508 e. The maximum atomic E-state index is 9.78. The molecule has 0 aliphatic rings. The van der Waals surface area contributed by atoms with E-state index >= 15 is 0 Å². The van der Waals surface area contributed by atoms with Crippen LogP contribution in [0.15, 0.2) is 106 Å². The molecule has 0 aromatic heterocycles. The first-order valence-electron chi connectivity index (χ1n) is 10.7. The summed E-state index contributed by atoms with van der Waals surface area (Å²) in [6, 6.07) is 31.0. The van der Waals surface area contributed by atoms with E-state index in [0.29, 0.717) is 5.75 Å². The van der Waals surface area contributed by atoms with Crippen LogP contribution in [0.1, 0.15) is 16.7 Å². The van der Waals surface area contributed by atoms with Gasteiger partial charge in [0.25, 0.3) is 0 Å². The molecule has 0 radical (unpaired) electrons. The molecule has 4 heteroatoms. The molecule has 0 aliphatic carbocycles. The molecule has 0 saturated carbocycles. The van der Waals surface area contributed by atoms with Crippen molar-refractivity contribution >= 4 is 33.3 Å². The summed E-state index contributed by atoms with van der Waals surface area (Å²) in [5, 5.41) is 9.78. The number of methoxy groups -OCH3 is 1. The molecule has 33 heavy (non-hydrogen) atoms. The average Bonchev–Trinajstić information content (AvgIpc) is 2.85. The van der Waals surface area contributed by atoms with E-state index in [9.17, 15) is 5.11 Å². The van der Waals surface area contributed by atoms with Crippen molar-refractivity contribution in [3.8, 4) is 22.6 Å². The maximum absolute atomic E-state index is 9.78. The predicted molar refractivity (Wildman–Crippen MR) is 143 cm³/mol. The van der Waals surface area contributed by atoms with Gasteiger partial charge in [-0.1, -0.05) is 70.5 Å². The zero-order valence-electron chi connectivity index (χ0n) is 18.6. The van der Waals surface area contributed by atoms with Crippen LogP contribution in [0, 0.1) is 6.92 Å². The number of ether oxygens (including phenoxy) is 1. The van der Waals surface area contributed by atoms with Crippen molar-refractivity contribution < 1.29 is 9.84 Å². The van der Waals surface area contributed by atoms with Crippen LogP contribution in [0.4, 0.5) is 0 Å². The van der Waals surface area contributed by atoms with Crippen LogP contribution in [0.3, 0.4) is 0 Å². The zero-order valence-corrected chi connectivity index (χ0v) is 21.0. The number of rotatable bonds is 7. The van der Waals surface area contributed by atoms with E-state index in [0.717, 1.165) is 32.0 Å². The molecule has 0 heterocycles. The molecule has 0 unspecified atom stereocenters. The number of phenols is 1. The Bertz CT molecular complexity index is 1240. The average molecular weight is 517 g/mol. The van der Waals surface area contributed by atoms with Gasteiger partial charge in [-0.2, -0.15) is 0 Å². The van der Waals surface area contributed by atoms with Gasteiger partial charge in [0, 0.05) is 15.1 Å². The normalized spacial score (nSPS) is 11.4. The first-order valence-corrected chi connectivity index (χ1v) is 12.4.